The number of hydrogen-bond donors (Lipinski definition) is 1. The number of morpholine rings is 1. The lowest BCUT2D eigenvalue weighted by atomic mass is 10.3. The van der Waals surface area contributed by atoms with E-state index in [0.29, 0.717) is 5.82 Å². The highest BCUT2D eigenvalue weighted by atomic mass is 16.5. The summed E-state index contributed by atoms with van der Waals surface area (Å²) in [6, 6.07) is 0.273. The van der Waals surface area contributed by atoms with E-state index in [1.165, 1.54) is 7.11 Å². The van der Waals surface area contributed by atoms with Crippen LogP contribution in [0.25, 0.3) is 0 Å². The Balaban J connectivity index is 1.91. The molecule has 1 aromatic heterocycles. The van der Waals surface area contributed by atoms with Crippen LogP contribution in [-0.4, -0.2) is 59.8 Å². The summed E-state index contributed by atoms with van der Waals surface area (Å²) in [7, 11) is 1.51. The Morgan fingerprint density at radius 2 is 2.06 bits per heavy atom. The van der Waals surface area contributed by atoms with E-state index in [2.05, 4.69) is 19.9 Å². The van der Waals surface area contributed by atoms with Crippen LogP contribution in [0, 0.1) is 0 Å². The summed E-state index contributed by atoms with van der Waals surface area (Å²) in [6.07, 6.45) is 0.739. The number of methoxy groups -OCH3 is 1. The molecule has 2 heterocycles. The number of hydrogen-bond acceptors (Lipinski definition) is 7. The quantitative estimate of drug-likeness (QED) is 0.746. The molecule has 7 heteroatoms. The zero-order valence-electron chi connectivity index (χ0n) is 9.93. The summed E-state index contributed by atoms with van der Waals surface area (Å²) in [5, 5.41) is 0. The number of nitrogens with zero attached hydrogens (tertiary/aromatic N) is 4. The average molecular weight is 239 g/mol. The maximum Gasteiger partial charge on any atom is 0.321 e. The summed E-state index contributed by atoms with van der Waals surface area (Å²) in [4.78, 5) is 14.4. The fraction of sp³-hybridized carbons (Fsp3) is 0.700. The predicted octanol–water partition coefficient (Wildman–Crippen LogP) is -0.663. The summed E-state index contributed by atoms with van der Waals surface area (Å²) in [6.45, 7) is 4.40. The first kappa shape index (κ1) is 12.0. The highest BCUT2D eigenvalue weighted by Crippen LogP contribution is 2.06. The molecule has 2 rings (SSSR count). The smallest absolute Gasteiger partial charge is 0.321 e. The lowest BCUT2D eigenvalue weighted by molar-refractivity contribution is 0.0382. The van der Waals surface area contributed by atoms with Crippen molar-refractivity contribution in [2.75, 3.05) is 45.7 Å². The van der Waals surface area contributed by atoms with Gasteiger partial charge in [0.1, 0.15) is 5.82 Å². The van der Waals surface area contributed by atoms with Crippen LogP contribution in [0.15, 0.2) is 0 Å². The van der Waals surface area contributed by atoms with Crippen molar-refractivity contribution >= 4 is 5.95 Å². The zero-order chi connectivity index (χ0) is 12.1. The van der Waals surface area contributed by atoms with E-state index < -0.39 is 0 Å². The standard InChI is InChI=1S/C10H17N5O2/c1-16-10-13-8(12-9(11)14-10)2-3-15-4-6-17-7-5-15/h2-7H2,1H3,(H2,11,12,13,14). The Bertz CT molecular complexity index is 368. The normalized spacial score (nSPS) is 17.0. The largest absolute Gasteiger partial charge is 0.467 e. The van der Waals surface area contributed by atoms with Gasteiger partial charge in [0.05, 0.1) is 20.3 Å². The van der Waals surface area contributed by atoms with Gasteiger partial charge in [-0.1, -0.05) is 0 Å². The molecule has 2 N–H and O–H groups in total. The van der Waals surface area contributed by atoms with Gasteiger partial charge in [0, 0.05) is 26.1 Å². The van der Waals surface area contributed by atoms with Crippen LogP contribution in [0.2, 0.25) is 0 Å². The Kier molecular flexibility index (Phi) is 4.05. The van der Waals surface area contributed by atoms with Gasteiger partial charge < -0.3 is 15.2 Å². The lowest BCUT2D eigenvalue weighted by Gasteiger charge is -2.26. The van der Waals surface area contributed by atoms with Gasteiger partial charge in [0.2, 0.25) is 5.95 Å². The highest BCUT2D eigenvalue weighted by molar-refractivity contribution is 5.18. The molecule has 1 saturated heterocycles. The van der Waals surface area contributed by atoms with Gasteiger partial charge in [-0.05, 0) is 0 Å². The molecule has 1 aromatic rings. The van der Waals surface area contributed by atoms with E-state index in [0.717, 1.165) is 39.3 Å². The second-order valence-electron chi connectivity index (χ2n) is 3.80. The van der Waals surface area contributed by atoms with Gasteiger partial charge in [-0.15, -0.1) is 0 Å². The molecule has 0 spiro atoms. The Morgan fingerprint density at radius 1 is 1.29 bits per heavy atom. The van der Waals surface area contributed by atoms with Gasteiger partial charge in [0.25, 0.3) is 0 Å². The van der Waals surface area contributed by atoms with Crippen molar-refractivity contribution in [3.05, 3.63) is 5.82 Å². The molecule has 0 unspecified atom stereocenters. The van der Waals surface area contributed by atoms with Crippen molar-refractivity contribution in [2.45, 2.75) is 6.42 Å². The van der Waals surface area contributed by atoms with Gasteiger partial charge in [-0.25, -0.2) is 0 Å². The average Bonchev–Trinajstić information content (AvgIpc) is 2.37. The summed E-state index contributed by atoms with van der Waals surface area (Å²) >= 11 is 0. The molecule has 0 amide bonds. The van der Waals surface area contributed by atoms with Gasteiger partial charge >= 0.3 is 6.01 Å². The molecule has 17 heavy (non-hydrogen) atoms. The Morgan fingerprint density at radius 3 is 2.76 bits per heavy atom. The Hall–Kier alpha value is -1.47. The van der Waals surface area contributed by atoms with Crippen molar-refractivity contribution in [3.8, 4) is 6.01 Å². The van der Waals surface area contributed by atoms with E-state index in [-0.39, 0.29) is 12.0 Å². The maximum absolute atomic E-state index is 5.57. The topological polar surface area (TPSA) is 86.4 Å². The lowest BCUT2D eigenvalue weighted by Crippen LogP contribution is -2.37. The van der Waals surface area contributed by atoms with Gasteiger partial charge in [0.15, 0.2) is 0 Å². The molecule has 0 radical (unpaired) electrons. The minimum atomic E-state index is 0.203. The van der Waals surface area contributed by atoms with Crippen molar-refractivity contribution in [2.24, 2.45) is 0 Å². The second-order valence-corrected chi connectivity index (χ2v) is 3.80. The number of ether oxygens (including phenoxy) is 2. The van der Waals surface area contributed by atoms with Crippen molar-refractivity contribution in [3.63, 3.8) is 0 Å². The minimum Gasteiger partial charge on any atom is -0.467 e. The maximum atomic E-state index is 5.57. The van der Waals surface area contributed by atoms with Crippen molar-refractivity contribution in [1.29, 1.82) is 0 Å². The first-order valence-corrected chi connectivity index (χ1v) is 5.62. The monoisotopic (exact) mass is 239 g/mol. The molecule has 0 aliphatic carbocycles. The number of rotatable bonds is 4. The number of nitrogens with two attached hydrogens (primary N) is 1. The predicted molar refractivity (Wildman–Crippen MR) is 61.8 cm³/mol. The molecule has 0 atom stereocenters. The number of aromatic nitrogens is 3. The van der Waals surface area contributed by atoms with Crippen molar-refractivity contribution in [1.82, 2.24) is 19.9 Å². The first-order valence-electron chi connectivity index (χ1n) is 5.62. The first-order chi connectivity index (χ1) is 8.28. The van der Waals surface area contributed by atoms with Crippen LogP contribution in [0.1, 0.15) is 5.82 Å². The van der Waals surface area contributed by atoms with E-state index in [4.69, 9.17) is 15.2 Å². The van der Waals surface area contributed by atoms with E-state index in [1.54, 1.807) is 0 Å². The molecule has 1 aliphatic rings. The third-order valence-electron chi connectivity index (χ3n) is 2.62. The third kappa shape index (κ3) is 3.50. The second kappa shape index (κ2) is 5.74. The Labute approximate surface area is 100.0 Å². The molecule has 7 nitrogen and oxygen atoms in total. The van der Waals surface area contributed by atoms with Crippen LogP contribution < -0.4 is 10.5 Å². The molecule has 0 saturated carbocycles. The molecule has 1 fully saturated rings. The summed E-state index contributed by atoms with van der Waals surface area (Å²) in [5.74, 6) is 0.870. The zero-order valence-corrected chi connectivity index (χ0v) is 9.93. The van der Waals surface area contributed by atoms with Crippen molar-refractivity contribution < 1.29 is 9.47 Å². The van der Waals surface area contributed by atoms with Gasteiger partial charge in [-0.3, -0.25) is 4.90 Å². The summed E-state index contributed by atoms with van der Waals surface area (Å²) < 4.78 is 10.2. The van der Waals surface area contributed by atoms with Crippen LogP contribution in [0.5, 0.6) is 6.01 Å². The van der Waals surface area contributed by atoms with Crippen LogP contribution in [0.3, 0.4) is 0 Å². The fourth-order valence-electron chi connectivity index (χ4n) is 1.70. The highest BCUT2D eigenvalue weighted by Gasteiger charge is 2.11. The molecule has 0 aromatic carbocycles. The van der Waals surface area contributed by atoms with Gasteiger partial charge in [-0.2, -0.15) is 15.0 Å². The fourth-order valence-corrected chi connectivity index (χ4v) is 1.70. The van der Waals surface area contributed by atoms with E-state index >= 15 is 0 Å². The van der Waals surface area contributed by atoms with E-state index in [1.807, 2.05) is 0 Å². The van der Waals surface area contributed by atoms with E-state index in [9.17, 15) is 0 Å². The molecular formula is C10H17N5O2. The molecule has 0 bridgehead atoms. The van der Waals surface area contributed by atoms with Crippen LogP contribution >= 0.6 is 0 Å². The third-order valence-corrected chi connectivity index (χ3v) is 2.62. The number of anilines is 1. The molecule has 94 valence electrons. The minimum absolute atomic E-state index is 0.203. The number of nitrogen functional groups attached to an aromatic ring is 1. The summed E-state index contributed by atoms with van der Waals surface area (Å²) in [5.41, 5.74) is 5.57. The SMILES string of the molecule is COc1nc(N)nc(CCN2CCOCC2)n1. The molecule has 1 aliphatic heterocycles. The molecular weight excluding hydrogens is 222 g/mol. The van der Waals surface area contributed by atoms with Crippen LogP contribution in [-0.2, 0) is 11.2 Å². The van der Waals surface area contributed by atoms with Crippen LogP contribution in [0.4, 0.5) is 5.95 Å².